The molecule has 0 aromatic heterocycles. The lowest BCUT2D eigenvalue weighted by Crippen LogP contribution is -2.08. The fourth-order valence-electron chi connectivity index (χ4n) is 1.04. The highest BCUT2D eigenvalue weighted by atomic mass is 16.5. The monoisotopic (exact) mass is 195 g/mol. The average Bonchev–Trinajstić information content (AvgIpc) is 2.01. The molecule has 0 heterocycles. The molecule has 0 saturated carbocycles. The van der Waals surface area contributed by atoms with Gasteiger partial charge in [0.2, 0.25) is 0 Å². The van der Waals surface area contributed by atoms with Gasteiger partial charge < -0.3 is 9.84 Å². The van der Waals surface area contributed by atoms with E-state index < -0.39 is 6.09 Å². The third kappa shape index (κ3) is 3.35. The number of carbonyl (C=O) groups is 1. The molecule has 14 heavy (non-hydrogen) atoms. The van der Waals surface area contributed by atoms with E-state index in [1.54, 1.807) is 24.3 Å². The zero-order chi connectivity index (χ0) is 10.6. The number of nitrogens with one attached hydrogen (secondary N) is 1. The summed E-state index contributed by atoms with van der Waals surface area (Å²) >= 11 is 0. The predicted molar refractivity (Wildman–Crippen MR) is 53.9 cm³/mol. The molecular weight excluding hydrogens is 182 g/mol. The highest BCUT2D eigenvalue weighted by Gasteiger charge is 2.01. The first-order valence-corrected chi connectivity index (χ1v) is 4.34. The van der Waals surface area contributed by atoms with Gasteiger partial charge in [0.05, 0.1) is 6.10 Å². The molecule has 0 unspecified atom stereocenters. The van der Waals surface area contributed by atoms with Crippen LogP contribution < -0.4 is 10.1 Å². The molecule has 1 amide bonds. The van der Waals surface area contributed by atoms with Gasteiger partial charge in [-0.2, -0.15) is 0 Å². The second kappa shape index (κ2) is 4.50. The zero-order valence-electron chi connectivity index (χ0n) is 8.15. The Morgan fingerprint density at radius 2 is 2.21 bits per heavy atom. The Labute approximate surface area is 82.5 Å². The van der Waals surface area contributed by atoms with Crippen molar-refractivity contribution >= 4 is 11.8 Å². The van der Waals surface area contributed by atoms with E-state index >= 15 is 0 Å². The van der Waals surface area contributed by atoms with Gasteiger partial charge in [-0.05, 0) is 26.0 Å². The molecule has 0 fully saturated rings. The Morgan fingerprint density at radius 1 is 1.50 bits per heavy atom. The first-order valence-electron chi connectivity index (χ1n) is 4.34. The molecule has 2 N–H and O–H groups in total. The minimum atomic E-state index is -1.08. The zero-order valence-corrected chi connectivity index (χ0v) is 8.15. The van der Waals surface area contributed by atoms with Crippen LogP contribution in [0.4, 0.5) is 10.5 Å². The van der Waals surface area contributed by atoms with E-state index in [9.17, 15) is 4.79 Å². The summed E-state index contributed by atoms with van der Waals surface area (Å²) in [5.41, 5.74) is 0.510. The standard InChI is InChI=1S/C10H13NO3/c1-7(2)14-9-5-3-4-8(6-9)11-10(12)13/h3-7,11H,1-2H3,(H,12,13). The molecule has 0 radical (unpaired) electrons. The van der Waals surface area contributed by atoms with Crippen LogP contribution in [0.3, 0.4) is 0 Å². The number of benzene rings is 1. The topological polar surface area (TPSA) is 58.6 Å². The fraction of sp³-hybridized carbons (Fsp3) is 0.300. The number of rotatable bonds is 3. The van der Waals surface area contributed by atoms with Crippen LogP contribution >= 0.6 is 0 Å². The second-order valence-electron chi connectivity index (χ2n) is 3.12. The van der Waals surface area contributed by atoms with Crippen LogP contribution in [-0.4, -0.2) is 17.3 Å². The van der Waals surface area contributed by atoms with Gasteiger partial charge in [0.1, 0.15) is 5.75 Å². The summed E-state index contributed by atoms with van der Waals surface area (Å²) in [5.74, 6) is 0.659. The smallest absolute Gasteiger partial charge is 0.409 e. The number of anilines is 1. The average molecular weight is 195 g/mol. The molecule has 0 spiro atoms. The SMILES string of the molecule is CC(C)Oc1cccc(NC(=O)O)c1. The molecule has 0 saturated heterocycles. The summed E-state index contributed by atoms with van der Waals surface area (Å²) in [6.45, 7) is 3.83. The van der Waals surface area contributed by atoms with Crippen molar-refractivity contribution in [2.24, 2.45) is 0 Å². The molecule has 0 aliphatic carbocycles. The molecule has 76 valence electrons. The minimum absolute atomic E-state index is 0.0788. The highest BCUT2D eigenvalue weighted by molar-refractivity contribution is 5.83. The van der Waals surface area contributed by atoms with Crippen LogP contribution in [0, 0.1) is 0 Å². The van der Waals surface area contributed by atoms with Crippen LogP contribution in [0.5, 0.6) is 5.75 Å². The van der Waals surface area contributed by atoms with Gasteiger partial charge in [0.25, 0.3) is 0 Å². The van der Waals surface area contributed by atoms with Crippen molar-refractivity contribution in [3.8, 4) is 5.75 Å². The minimum Gasteiger partial charge on any atom is -0.491 e. The van der Waals surface area contributed by atoms with Gasteiger partial charge in [0.15, 0.2) is 0 Å². The van der Waals surface area contributed by atoms with Crippen molar-refractivity contribution in [1.82, 2.24) is 0 Å². The Kier molecular flexibility index (Phi) is 3.34. The molecule has 1 aromatic rings. The first-order chi connectivity index (χ1) is 6.58. The third-order valence-corrected chi connectivity index (χ3v) is 1.46. The van der Waals surface area contributed by atoms with Gasteiger partial charge in [-0.25, -0.2) is 4.79 Å². The highest BCUT2D eigenvalue weighted by Crippen LogP contribution is 2.18. The number of hydrogen-bond acceptors (Lipinski definition) is 2. The molecular formula is C10H13NO3. The maximum atomic E-state index is 10.4. The van der Waals surface area contributed by atoms with Gasteiger partial charge in [-0.15, -0.1) is 0 Å². The van der Waals surface area contributed by atoms with E-state index in [2.05, 4.69) is 5.32 Å². The van der Waals surface area contributed by atoms with Crippen molar-refractivity contribution in [3.05, 3.63) is 24.3 Å². The molecule has 1 rings (SSSR count). The lowest BCUT2D eigenvalue weighted by molar-refractivity contribution is 0.209. The lowest BCUT2D eigenvalue weighted by atomic mass is 10.3. The summed E-state index contributed by atoms with van der Waals surface area (Å²) in [6, 6.07) is 6.84. The maximum Gasteiger partial charge on any atom is 0.409 e. The Bertz CT molecular complexity index is 323. The van der Waals surface area contributed by atoms with Gasteiger partial charge in [-0.3, -0.25) is 5.32 Å². The summed E-state index contributed by atoms with van der Waals surface area (Å²) in [4.78, 5) is 10.4. The van der Waals surface area contributed by atoms with Crippen molar-refractivity contribution in [3.63, 3.8) is 0 Å². The maximum absolute atomic E-state index is 10.4. The first kappa shape index (κ1) is 10.4. The molecule has 0 aliphatic heterocycles. The Balaban J connectivity index is 2.73. The lowest BCUT2D eigenvalue weighted by Gasteiger charge is -2.10. The normalized spacial score (nSPS) is 9.93. The van der Waals surface area contributed by atoms with Crippen LogP contribution in [0.2, 0.25) is 0 Å². The summed E-state index contributed by atoms with van der Waals surface area (Å²) in [6.07, 6.45) is -0.998. The van der Waals surface area contributed by atoms with Gasteiger partial charge in [0, 0.05) is 11.8 Å². The fourth-order valence-corrected chi connectivity index (χ4v) is 1.04. The van der Waals surface area contributed by atoms with Crippen LogP contribution in [-0.2, 0) is 0 Å². The van der Waals surface area contributed by atoms with Crippen molar-refractivity contribution in [2.75, 3.05) is 5.32 Å². The van der Waals surface area contributed by atoms with E-state index in [0.29, 0.717) is 11.4 Å². The van der Waals surface area contributed by atoms with E-state index in [1.807, 2.05) is 13.8 Å². The van der Waals surface area contributed by atoms with Crippen molar-refractivity contribution < 1.29 is 14.6 Å². The number of amides is 1. The summed E-state index contributed by atoms with van der Waals surface area (Å²) < 4.78 is 5.40. The predicted octanol–water partition coefficient (Wildman–Crippen LogP) is 2.56. The summed E-state index contributed by atoms with van der Waals surface area (Å²) in [5, 5.41) is 10.7. The number of carboxylic acid groups (broad SMARTS) is 1. The number of ether oxygens (including phenoxy) is 1. The van der Waals surface area contributed by atoms with Gasteiger partial charge in [-0.1, -0.05) is 6.07 Å². The van der Waals surface area contributed by atoms with E-state index in [1.165, 1.54) is 0 Å². The van der Waals surface area contributed by atoms with E-state index in [4.69, 9.17) is 9.84 Å². The third-order valence-electron chi connectivity index (χ3n) is 1.46. The van der Waals surface area contributed by atoms with Crippen LogP contribution in [0.15, 0.2) is 24.3 Å². The Morgan fingerprint density at radius 3 is 2.79 bits per heavy atom. The largest absolute Gasteiger partial charge is 0.491 e. The van der Waals surface area contributed by atoms with Crippen molar-refractivity contribution in [1.29, 1.82) is 0 Å². The second-order valence-corrected chi connectivity index (χ2v) is 3.12. The summed E-state index contributed by atoms with van der Waals surface area (Å²) in [7, 11) is 0. The number of hydrogen-bond donors (Lipinski definition) is 2. The van der Waals surface area contributed by atoms with Crippen LogP contribution in [0.25, 0.3) is 0 Å². The van der Waals surface area contributed by atoms with Crippen LogP contribution in [0.1, 0.15) is 13.8 Å². The van der Waals surface area contributed by atoms with Crippen molar-refractivity contribution in [2.45, 2.75) is 20.0 Å². The quantitative estimate of drug-likeness (QED) is 0.779. The molecule has 4 heteroatoms. The van der Waals surface area contributed by atoms with E-state index in [-0.39, 0.29) is 6.10 Å². The Hall–Kier alpha value is -1.71. The van der Waals surface area contributed by atoms with E-state index in [0.717, 1.165) is 0 Å². The molecule has 0 atom stereocenters. The van der Waals surface area contributed by atoms with Gasteiger partial charge >= 0.3 is 6.09 Å². The molecule has 4 nitrogen and oxygen atoms in total. The molecule has 0 bridgehead atoms. The molecule has 0 aliphatic rings. The molecule has 1 aromatic carbocycles.